The average molecular weight is 461 g/mol. The third-order valence-corrected chi connectivity index (χ3v) is 6.87. The van der Waals surface area contributed by atoms with Crippen LogP contribution in [-0.4, -0.2) is 5.97 Å². The summed E-state index contributed by atoms with van der Waals surface area (Å²) < 4.78 is 19.9. The van der Waals surface area contributed by atoms with E-state index in [4.69, 9.17) is 4.74 Å². The van der Waals surface area contributed by atoms with E-state index >= 15 is 0 Å². The number of hydrogen-bond acceptors (Lipinski definition) is 3. The summed E-state index contributed by atoms with van der Waals surface area (Å²) in [6, 6.07) is 22.5. The number of carbonyl (C=O) groups excluding carboxylic acids is 1. The molecule has 0 spiro atoms. The Morgan fingerprint density at radius 2 is 1.16 bits per heavy atom. The molecule has 0 aliphatic carbocycles. The van der Waals surface area contributed by atoms with Crippen LogP contribution in [0, 0.1) is 0 Å². The predicted molar refractivity (Wildman–Crippen MR) is 121 cm³/mol. The van der Waals surface area contributed by atoms with Crippen LogP contribution in [0.2, 0.25) is 0 Å². The summed E-state index contributed by atoms with van der Waals surface area (Å²) in [5.41, 5.74) is 2.95. The zero-order valence-electron chi connectivity index (χ0n) is 18.2. The molecule has 0 aliphatic heterocycles. The quantitative estimate of drug-likeness (QED) is 0.296. The van der Waals surface area contributed by atoms with Crippen LogP contribution in [0.25, 0.3) is 0 Å². The van der Waals surface area contributed by atoms with E-state index in [1.807, 2.05) is 36.4 Å². The molecule has 0 amide bonds. The summed E-state index contributed by atoms with van der Waals surface area (Å²) in [5, 5.41) is 0. The van der Waals surface area contributed by atoms with Crippen LogP contribution in [0.1, 0.15) is 61.0 Å². The Labute approximate surface area is 189 Å². The molecule has 3 rings (SSSR count). The molecule has 4 heteroatoms. The Balaban J connectivity index is 1.61. The second kappa shape index (κ2) is 11.7. The van der Waals surface area contributed by atoms with Crippen molar-refractivity contribution >= 4 is 15.0 Å². The van der Waals surface area contributed by atoms with Gasteiger partial charge in [0.15, 0.2) is 0 Å². The zero-order valence-corrected chi connectivity index (χ0v) is 19.3. The number of ether oxygens (including phenoxy) is 1. The molecule has 0 unspecified atom stereocenters. The number of aryl methyl sites for hydroxylation is 2. The van der Waals surface area contributed by atoms with Crippen molar-refractivity contribution in [2.24, 2.45) is 0 Å². The van der Waals surface area contributed by atoms with Gasteiger partial charge < -0.3 is 0 Å². The fraction of sp³-hybridized carbons (Fsp3) is 0.296. The maximum atomic E-state index is 12.9. The van der Waals surface area contributed by atoms with Gasteiger partial charge in [-0.1, -0.05) is 13.3 Å². The van der Waals surface area contributed by atoms with E-state index in [1.165, 1.54) is 11.1 Å². The van der Waals surface area contributed by atoms with Gasteiger partial charge in [-0.2, -0.15) is 0 Å². The number of unbranched alkanes of at least 4 members (excludes halogenated alkanes) is 2. The first-order valence-electron chi connectivity index (χ1n) is 10.9. The molecule has 0 atom stereocenters. The van der Waals surface area contributed by atoms with E-state index in [0.29, 0.717) is 15.8 Å². The van der Waals surface area contributed by atoms with Crippen LogP contribution in [0.3, 0.4) is 0 Å². The standard InChI is InChI=1S/C17H17O2.C10H13.Co.O/c1-2-3-7-14-10-12-16(13-11-14)19-17(18)15-8-5-4-6-9-15;1-2-3-7-10-8-5-4-6-9-10;;/h5-6,8-13H,2-3,7H2,1H3;5-6,8-9H,2-3,7H2,1H3;;. The zero-order chi connectivity index (χ0) is 22.1. The molecule has 0 radical (unpaired) electrons. The first-order valence-corrected chi connectivity index (χ1v) is 12.4. The molecule has 0 bridgehead atoms. The van der Waals surface area contributed by atoms with Gasteiger partial charge in [0.1, 0.15) is 0 Å². The van der Waals surface area contributed by atoms with E-state index < -0.39 is 19.6 Å². The topological polar surface area (TPSA) is 43.4 Å². The second-order valence-electron chi connectivity index (χ2n) is 7.54. The molecule has 3 aromatic rings. The monoisotopic (exact) mass is 461 g/mol. The molecule has 3 nitrogen and oxygen atoms in total. The van der Waals surface area contributed by atoms with Gasteiger partial charge in [-0.15, -0.1) is 0 Å². The third-order valence-electron chi connectivity index (χ3n) is 5.08. The minimum absolute atomic E-state index is 0.414. The Kier molecular flexibility index (Phi) is 8.74. The Bertz CT molecular complexity index is 990. The Morgan fingerprint density at radius 3 is 1.65 bits per heavy atom. The normalized spacial score (nSPS) is 11.2. The second-order valence-corrected chi connectivity index (χ2v) is 9.43. The SMILES string of the molecule is CCCCc1ccc(OC(=O)c2cc[c]([Co](=[O])[c]3ccc(CCCC)cc3)cc2)cc1. The van der Waals surface area contributed by atoms with Gasteiger partial charge in [0, 0.05) is 0 Å². The number of rotatable bonds is 10. The van der Waals surface area contributed by atoms with Gasteiger partial charge in [-0.25, -0.2) is 0 Å². The fourth-order valence-corrected chi connectivity index (χ4v) is 4.51. The van der Waals surface area contributed by atoms with Gasteiger partial charge in [0.2, 0.25) is 0 Å². The van der Waals surface area contributed by atoms with Crippen molar-refractivity contribution in [1.82, 2.24) is 0 Å². The third kappa shape index (κ3) is 6.71. The van der Waals surface area contributed by atoms with Crippen molar-refractivity contribution in [3.05, 3.63) is 89.5 Å². The summed E-state index contributed by atoms with van der Waals surface area (Å²) in [5.74, 6) is 0.117. The first-order chi connectivity index (χ1) is 15.1. The van der Waals surface area contributed by atoms with Gasteiger partial charge >= 0.3 is 176 Å². The van der Waals surface area contributed by atoms with Crippen LogP contribution in [0.15, 0.2) is 72.8 Å². The van der Waals surface area contributed by atoms with Crippen molar-refractivity contribution in [2.75, 3.05) is 0 Å². The van der Waals surface area contributed by atoms with Gasteiger partial charge in [-0.05, 0) is 0 Å². The van der Waals surface area contributed by atoms with Crippen LogP contribution in [-0.2, 0) is 30.3 Å². The number of carbonyl (C=O) groups is 1. The summed E-state index contributed by atoms with van der Waals surface area (Å²) in [7, 11) is 0. The molecule has 165 valence electrons. The van der Waals surface area contributed by atoms with Crippen molar-refractivity contribution in [2.45, 2.75) is 52.4 Å². The van der Waals surface area contributed by atoms with Crippen LogP contribution >= 0.6 is 0 Å². The fourth-order valence-electron chi connectivity index (χ4n) is 3.19. The molecule has 0 N–H and O–H groups in total. The van der Waals surface area contributed by atoms with E-state index in [1.54, 1.807) is 24.3 Å². The molecular formula is C27H30CoO3. The van der Waals surface area contributed by atoms with Crippen LogP contribution < -0.4 is 13.7 Å². The van der Waals surface area contributed by atoms with E-state index in [2.05, 4.69) is 26.0 Å². The van der Waals surface area contributed by atoms with Crippen molar-refractivity contribution in [1.29, 1.82) is 0 Å². The van der Waals surface area contributed by atoms with E-state index in [0.717, 1.165) is 43.0 Å². The number of hydrogen-bond donors (Lipinski definition) is 0. The number of benzene rings is 3. The summed E-state index contributed by atoms with van der Waals surface area (Å²) >= 11 is -1.66. The molecule has 0 heterocycles. The molecule has 0 saturated heterocycles. The summed E-state index contributed by atoms with van der Waals surface area (Å²) in [4.78, 5) is 12.5. The van der Waals surface area contributed by atoms with Crippen LogP contribution in [0.4, 0.5) is 0 Å². The van der Waals surface area contributed by atoms with Gasteiger partial charge in [0.05, 0.1) is 0 Å². The summed E-state index contributed by atoms with van der Waals surface area (Å²) in [6.07, 6.45) is 6.71. The van der Waals surface area contributed by atoms with Gasteiger partial charge in [0.25, 0.3) is 0 Å². The molecule has 0 aliphatic rings. The minimum atomic E-state index is -1.66. The molecular weight excluding hydrogens is 431 g/mol. The molecule has 3 aromatic carbocycles. The van der Waals surface area contributed by atoms with Crippen LogP contribution in [0.5, 0.6) is 5.75 Å². The average Bonchev–Trinajstić information content (AvgIpc) is 2.82. The maximum absolute atomic E-state index is 12.9. The van der Waals surface area contributed by atoms with E-state index in [-0.39, 0.29) is 0 Å². The Morgan fingerprint density at radius 1 is 0.710 bits per heavy atom. The van der Waals surface area contributed by atoms with E-state index in [9.17, 15) is 8.66 Å². The van der Waals surface area contributed by atoms with Crippen molar-refractivity contribution in [3.63, 3.8) is 0 Å². The molecule has 0 aromatic heterocycles. The first kappa shape index (κ1) is 23.1. The predicted octanol–water partition coefficient (Wildman–Crippen LogP) is 5.51. The number of esters is 1. The van der Waals surface area contributed by atoms with Crippen molar-refractivity contribution in [3.8, 4) is 5.75 Å². The van der Waals surface area contributed by atoms with Crippen molar-refractivity contribution < 1.29 is 27.0 Å². The summed E-state index contributed by atoms with van der Waals surface area (Å²) in [6.45, 7) is 4.34. The van der Waals surface area contributed by atoms with Gasteiger partial charge in [-0.3, -0.25) is 0 Å². The molecule has 0 fully saturated rings. The molecule has 31 heavy (non-hydrogen) atoms. The Hall–Kier alpha value is -2.56. The molecule has 0 saturated carbocycles.